The van der Waals surface area contributed by atoms with E-state index in [0.29, 0.717) is 24.2 Å². The van der Waals surface area contributed by atoms with Gasteiger partial charge in [-0.3, -0.25) is 4.79 Å². The summed E-state index contributed by atoms with van der Waals surface area (Å²) in [5.74, 6) is -1.07. The largest absolute Gasteiger partial charge is 0.489 e. The van der Waals surface area contributed by atoms with Crippen LogP contribution in [0.1, 0.15) is 23.6 Å². The number of carbonyl (C=O) groups is 1. The minimum absolute atomic E-state index is 0.0246. The van der Waals surface area contributed by atoms with Gasteiger partial charge >= 0.3 is 0 Å². The number of nitriles is 2. The van der Waals surface area contributed by atoms with Crippen LogP contribution in [-0.2, 0) is 11.2 Å². The van der Waals surface area contributed by atoms with Crippen molar-refractivity contribution >= 4 is 11.6 Å². The number of anilines is 1. The van der Waals surface area contributed by atoms with Gasteiger partial charge in [0, 0.05) is 12.2 Å². The van der Waals surface area contributed by atoms with Crippen molar-refractivity contribution in [3.63, 3.8) is 0 Å². The molecule has 7 heteroatoms. The quantitative estimate of drug-likeness (QED) is 0.896. The molecule has 0 saturated heterocycles. The number of amides is 1. The molecule has 0 aromatic heterocycles. The van der Waals surface area contributed by atoms with Crippen molar-refractivity contribution in [2.24, 2.45) is 0 Å². The number of ether oxygens (including phenoxy) is 1. The summed E-state index contributed by atoms with van der Waals surface area (Å²) in [6, 6.07) is 12.4. The van der Waals surface area contributed by atoms with Gasteiger partial charge in [0.15, 0.2) is 5.60 Å². The minimum Gasteiger partial charge on any atom is -0.489 e. The first-order valence-corrected chi connectivity index (χ1v) is 8.26. The molecule has 1 aliphatic rings. The van der Waals surface area contributed by atoms with Gasteiger partial charge in [0.1, 0.15) is 24.2 Å². The summed E-state index contributed by atoms with van der Waals surface area (Å²) in [5, 5.41) is 28.9. The van der Waals surface area contributed by atoms with Crippen LogP contribution in [0, 0.1) is 28.5 Å². The van der Waals surface area contributed by atoms with Crippen molar-refractivity contribution in [1.29, 1.82) is 10.5 Å². The SMILES string of the molecule is C[C@](O)(COc1ccc(F)cc1C#N)C(=O)N1CCc2c(C#N)cccc21. The highest BCUT2D eigenvalue weighted by molar-refractivity contribution is 6.01. The van der Waals surface area contributed by atoms with Crippen LogP contribution in [0.3, 0.4) is 0 Å². The molecular formula is C20H16FN3O3. The van der Waals surface area contributed by atoms with Crippen LogP contribution in [0.5, 0.6) is 5.75 Å². The summed E-state index contributed by atoms with van der Waals surface area (Å²) in [6.07, 6.45) is 0.526. The topological polar surface area (TPSA) is 97.3 Å². The lowest BCUT2D eigenvalue weighted by Gasteiger charge is -2.28. The average molecular weight is 365 g/mol. The molecule has 6 nitrogen and oxygen atoms in total. The Morgan fingerprint density at radius 2 is 2.04 bits per heavy atom. The lowest BCUT2D eigenvalue weighted by Crippen LogP contribution is -2.50. The molecule has 0 radical (unpaired) electrons. The van der Waals surface area contributed by atoms with E-state index in [1.807, 2.05) is 6.07 Å². The number of hydrogen-bond acceptors (Lipinski definition) is 5. The number of rotatable bonds is 4. The fourth-order valence-electron chi connectivity index (χ4n) is 3.04. The molecule has 1 atom stereocenters. The highest BCUT2D eigenvalue weighted by Gasteiger charge is 2.39. The van der Waals surface area contributed by atoms with Gasteiger partial charge in [-0.15, -0.1) is 0 Å². The van der Waals surface area contributed by atoms with Gasteiger partial charge in [-0.2, -0.15) is 10.5 Å². The summed E-state index contributed by atoms with van der Waals surface area (Å²) in [7, 11) is 0. The number of fused-ring (bicyclic) bond motifs is 1. The maximum Gasteiger partial charge on any atom is 0.262 e. The number of hydrogen-bond donors (Lipinski definition) is 1. The fourth-order valence-corrected chi connectivity index (χ4v) is 3.04. The lowest BCUT2D eigenvalue weighted by atomic mass is 10.0. The number of nitrogens with zero attached hydrogens (tertiary/aromatic N) is 3. The van der Waals surface area contributed by atoms with Gasteiger partial charge in [-0.05, 0) is 49.2 Å². The van der Waals surface area contributed by atoms with Crippen molar-refractivity contribution < 1.29 is 19.0 Å². The van der Waals surface area contributed by atoms with Crippen molar-refractivity contribution in [2.45, 2.75) is 18.9 Å². The molecule has 0 unspecified atom stereocenters. The third kappa shape index (κ3) is 3.46. The Balaban J connectivity index is 1.78. The number of aliphatic hydroxyl groups is 1. The highest BCUT2D eigenvalue weighted by atomic mass is 19.1. The zero-order chi connectivity index (χ0) is 19.6. The van der Waals surface area contributed by atoms with Crippen molar-refractivity contribution in [3.8, 4) is 17.9 Å². The van der Waals surface area contributed by atoms with Crippen LogP contribution in [0.2, 0.25) is 0 Å². The third-order valence-electron chi connectivity index (χ3n) is 4.42. The molecule has 0 fully saturated rings. The smallest absolute Gasteiger partial charge is 0.262 e. The van der Waals surface area contributed by atoms with Gasteiger partial charge in [0.2, 0.25) is 0 Å². The third-order valence-corrected chi connectivity index (χ3v) is 4.42. The Labute approximate surface area is 155 Å². The molecule has 0 saturated carbocycles. The zero-order valence-electron chi connectivity index (χ0n) is 14.6. The highest BCUT2D eigenvalue weighted by Crippen LogP contribution is 2.32. The van der Waals surface area contributed by atoms with Crippen LogP contribution >= 0.6 is 0 Å². The van der Waals surface area contributed by atoms with E-state index in [0.717, 1.165) is 17.7 Å². The normalized spacial score (nSPS) is 14.6. The van der Waals surface area contributed by atoms with Gasteiger partial charge in [0.25, 0.3) is 5.91 Å². The predicted molar refractivity (Wildman–Crippen MR) is 94.4 cm³/mol. The number of benzene rings is 2. The van der Waals surface area contributed by atoms with E-state index in [4.69, 9.17) is 10.00 Å². The Hall–Kier alpha value is -3.42. The van der Waals surface area contributed by atoms with Crippen LogP contribution in [-0.4, -0.2) is 29.8 Å². The Bertz CT molecular complexity index is 989. The van der Waals surface area contributed by atoms with E-state index in [-0.39, 0.29) is 11.3 Å². The second kappa shape index (κ2) is 7.06. The number of carbonyl (C=O) groups excluding carboxylic acids is 1. The fraction of sp³-hybridized carbons (Fsp3) is 0.250. The van der Waals surface area contributed by atoms with E-state index >= 15 is 0 Å². The van der Waals surface area contributed by atoms with Crippen LogP contribution in [0.25, 0.3) is 0 Å². The molecule has 1 aliphatic heterocycles. The Kier molecular flexibility index (Phi) is 4.81. The molecule has 0 spiro atoms. The first-order chi connectivity index (χ1) is 12.9. The average Bonchev–Trinajstić information content (AvgIpc) is 3.10. The van der Waals surface area contributed by atoms with Crippen LogP contribution in [0.4, 0.5) is 10.1 Å². The van der Waals surface area contributed by atoms with Crippen molar-refractivity contribution in [3.05, 3.63) is 58.9 Å². The van der Waals surface area contributed by atoms with E-state index in [2.05, 4.69) is 6.07 Å². The van der Waals surface area contributed by atoms with Crippen LogP contribution < -0.4 is 9.64 Å². The summed E-state index contributed by atoms with van der Waals surface area (Å²) >= 11 is 0. The predicted octanol–water partition coefficient (Wildman–Crippen LogP) is 2.29. The molecule has 2 aromatic rings. The second-order valence-corrected chi connectivity index (χ2v) is 6.44. The zero-order valence-corrected chi connectivity index (χ0v) is 14.6. The molecule has 2 aromatic carbocycles. The molecule has 0 aliphatic carbocycles. The monoisotopic (exact) mass is 365 g/mol. The van der Waals surface area contributed by atoms with Gasteiger partial charge < -0.3 is 14.7 Å². The van der Waals surface area contributed by atoms with E-state index in [1.54, 1.807) is 18.2 Å². The van der Waals surface area contributed by atoms with E-state index in [9.17, 15) is 19.6 Å². The lowest BCUT2D eigenvalue weighted by molar-refractivity contribution is -0.137. The summed E-state index contributed by atoms with van der Waals surface area (Å²) in [4.78, 5) is 14.3. The summed E-state index contributed by atoms with van der Waals surface area (Å²) < 4.78 is 18.6. The number of halogens is 1. The van der Waals surface area contributed by atoms with Gasteiger partial charge in [0.05, 0.1) is 17.2 Å². The maximum absolute atomic E-state index is 13.2. The summed E-state index contributed by atoms with van der Waals surface area (Å²) in [6.45, 7) is 1.26. The van der Waals surface area contributed by atoms with Crippen LogP contribution in [0.15, 0.2) is 36.4 Å². The minimum atomic E-state index is -1.87. The molecule has 0 bridgehead atoms. The van der Waals surface area contributed by atoms with Crippen molar-refractivity contribution in [1.82, 2.24) is 0 Å². The molecule has 136 valence electrons. The van der Waals surface area contributed by atoms with Crippen molar-refractivity contribution in [2.75, 3.05) is 18.1 Å². The Morgan fingerprint density at radius 1 is 1.30 bits per heavy atom. The molecular weight excluding hydrogens is 349 g/mol. The molecule has 3 rings (SSSR count). The second-order valence-electron chi connectivity index (χ2n) is 6.44. The first-order valence-electron chi connectivity index (χ1n) is 8.26. The van der Waals surface area contributed by atoms with Gasteiger partial charge in [-0.25, -0.2) is 4.39 Å². The van der Waals surface area contributed by atoms with E-state index in [1.165, 1.54) is 17.9 Å². The van der Waals surface area contributed by atoms with Gasteiger partial charge in [-0.1, -0.05) is 6.07 Å². The molecule has 1 heterocycles. The molecule has 1 N–H and O–H groups in total. The summed E-state index contributed by atoms with van der Waals surface area (Å²) in [5.41, 5.74) is -0.0213. The maximum atomic E-state index is 13.2. The molecule has 27 heavy (non-hydrogen) atoms. The standard InChI is InChI=1S/C20H16FN3O3/c1-20(26,12-27-18-6-5-15(21)9-14(18)11-23)19(25)24-8-7-16-13(10-22)3-2-4-17(16)24/h2-6,9,26H,7-8,12H2,1H3/t20-/m0/s1. The molecule has 1 amide bonds. The first kappa shape index (κ1) is 18.4. The Morgan fingerprint density at radius 3 is 2.74 bits per heavy atom. The van der Waals surface area contributed by atoms with E-state index < -0.39 is 23.9 Å².